The van der Waals surface area contributed by atoms with Crippen LogP contribution in [0.3, 0.4) is 0 Å². The number of nitrogens with zero attached hydrogens (tertiary/aromatic N) is 2. The molecule has 0 saturated carbocycles. The number of methoxy groups -OCH3 is 2. The number of amides is 1. The quantitative estimate of drug-likeness (QED) is 0.434. The molecule has 0 heterocycles. The number of nitro groups is 1. The third-order valence-electron chi connectivity index (χ3n) is 3.65. The van der Waals surface area contributed by atoms with Gasteiger partial charge in [0.15, 0.2) is 11.3 Å². The number of carbonyl (C=O) groups is 1. The van der Waals surface area contributed by atoms with Crippen molar-refractivity contribution in [1.82, 2.24) is 10.2 Å². The Morgan fingerprint density at radius 3 is 2.17 bits per heavy atom. The zero-order valence-corrected chi connectivity index (χ0v) is 15.3. The minimum Gasteiger partial charge on any atom is -0.496 e. The topological polar surface area (TPSA) is 93.9 Å². The maximum Gasteiger partial charge on any atom is 0.327 e. The van der Waals surface area contributed by atoms with Gasteiger partial charge in [-0.05, 0) is 32.1 Å². The van der Waals surface area contributed by atoms with Crippen LogP contribution >= 0.6 is 12.4 Å². The molecular weight excluding hydrogens is 338 g/mol. The highest BCUT2D eigenvalue weighted by Crippen LogP contribution is 2.36. The van der Waals surface area contributed by atoms with Crippen molar-refractivity contribution in [2.75, 3.05) is 27.3 Å². The molecule has 0 aliphatic heterocycles. The maximum absolute atomic E-state index is 12.6. The maximum atomic E-state index is 12.6. The summed E-state index contributed by atoms with van der Waals surface area (Å²) in [4.78, 5) is 25.3. The zero-order chi connectivity index (χ0) is 17.6. The Labute approximate surface area is 147 Å². The molecule has 136 valence electrons. The number of nitrogens with one attached hydrogen (secondary N) is 1. The number of hydrogen-bond donors (Lipinski definition) is 1. The van der Waals surface area contributed by atoms with E-state index in [-0.39, 0.29) is 35.6 Å². The first-order chi connectivity index (χ1) is 10.9. The van der Waals surface area contributed by atoms with Crippen molar-refractivity contribution in [3.63, 3.8) is 0 Å². The Bertz CT molecular complexity index is 578. The fourth-order valence-electron chi connectivity index (χ4n) is 2.41. The van der Waals surface area contributed by atoms with Gasteiger partial charge in [-0.1, -0.05) is 13.8 Å². The fourth-order valence-corrected chi connectivity index (χ4v) is 2.41. The second kappa shape index (κ2) is 9.94. The Balaban J connectivity index is 0.00000529. The fraction of sp³-hybridized carbons (Fsp3) is 0.533. The molecule has 0 saturated heterocycles. The normalized spacial score (nSPS) is 11.4. The smallest absolute Gasteiger partial charge is 0.327 e. The first kappa shape index (κ1) is 21.9. The van der Waals surface area contributed by atoms with Crippen LogP contribution in [0, 0.1) is 10.1 Å². The molecule has 0 radical (unpaired) electrons. The third kappa shape index (κ3) is 4.72. The lowest BCUT2D eigenvalue weighted by Gasteiger charge is -2.27. The van der Waals surface area contributed by atoms with E-state index in [1.54, 1.807) is 0 Å². The Kier molecular flexibility index (Phi) is 9.09. The van der Waals surface area contributed by atoms with E-state index < -0.39 is 16.5 Å². The van der Waals surface area contributed by atoms with Crippen molar-refractivity contribution in [2.24, 2.45) is 0 Å². The highest BCUT2D eigenvalue weighted by Gasteiger charge is 2.31. The van der Waals surface area contributed by atoms with Gasteiger partial charge in [-0.3, -0.25) is 19.8 Å². The van der Waals surface area contributed by atoms with E-state index >= 15 is 0 Å². The van der Waals surface area contributed by atoms with Crippen LogP contribution in [0.5, 0.6) is 11.5 Å². The highest BCUT2D eigenvalue weighted by atomic mass is 35.5. The van der Waals surface area contributed by atoms with Crippen molar-refractivity contribution in [3.8, 4) is 11.5 Å². The van der Waals surface area contributed by atoms with Gasteiger partial charge in [0.25, 0.3) is 5.91 Å². The number of nitro benzene ring substituents is 1. The lowest BCUT2D eigenvalue weighted by atomic mass is 10.1. The zero-order valence-electron chi connectivity index (χ0n) is 14.5. The molecule has 8 nitrogen and oxygen atoms in total. The molecule has 1 rings (SSSR count). The second-order valence-corrected chi connectivity index (χ2v) is 4.82. The summed E-state index contributed by atoms with van der Waals surface area (Å²) in [5, 5.41) is 14.2. The summed E-state index contributed by atoms with van der Waals surface area (Å²) in [6, 6.07) is 2.88. The first-order valence-corrected chi connectivity index (χ1v) is 7.35. The van der Waals surface area contributed by atoms with Crippen LogP contribution in [0.2, 0.25) is 0 Å². The van der Waals surface area contributed by atoms with E-state index in [4.69, 9.17) is 9.47 Å². The van der Waals surface area contributed by atoms with E-state index in [0.29, 0.717) is 0 Å². The monoisotopic (exact) mass is 361 g/mol. The minimum absolute atomic E-state index is 0. The summed E-state index contributed by atoms with van der Waals surface area (Å²) in [5.74, 6) is -0.440. The molecule has 1 aromatic rings. The molecule has 0 fully saturated rings. The minimum atomic E-state index is -0.641. The summed E-state index contributed by atoms with van der Waals surface area (Å²) in [6.45, 7) is 7.26. The standard InChI is InChI=1S/C15H23N3O5.ClH/c1-6-17(7-2)10(3)16-15(19)13-11(22-4)8-9-12(23-5)14(13)18(20)21;/h8-10H,6-7H2,1-5H3,(H,16,19);1H. The van der Waals surface area contributed by atoms with E-state index in [9.17, 15) is 14.9 Å². The van der Waals surface area contributed by atoms with Gasteiger partial charge in [0.05, 0.1) is 25.3 Å². The molecule has 0 spiro atoms. The van der Waals surface area contributed by atoms with Crippen LogP contribution in [-0.4, -0.2) is 49.2 Å². The molecule has 1 aromatic carbocycles. The number of halogens is 1. The number of rotatable bonds is 8. The van der Waals surface area contributed by atoms with Crippen molar-refractivity contribution in [3.05, 3.63) is 27.8 Å². The molecule has 0 aliphatic carbocycles. The van der Waals surface area contributed by atoms with Crippen LogP contribution in [-0.2, 0) is 0 Å². The van der Waals surface area contributed by atoms with Crippen molar-refractivity contribution < 1.29 is 19.2 Å². The molecule has 1 atom stereocenters. The van der Waals surface area contributed by atoms with Gasteiger partial charge < -0.3 is 14.8 Å². The largest absolute Gasteiger partial charge is 0.496 e. The van der Waals surface area contributed by atoms with Crippen LogP contribution in [0.25, 0.3) is 0 Å². The molecule has 0 aliphatic rings. The average Bonchev–Trinajstić information content (AvgIpc) is 2.54. The molecular formula is C15H24ClN3O5. The van der Waals surface area contributed by atoms with Crippen LogP contribution in [0.15, 0.2) is 12.1 Å². The lowest BCUT2D eigenvalue weighted by Crippen LogP contribution is -2.46. The number of carbonyl (C=O) groups excluding carboxylic acids is 1. The van der Waals surface area contributed by atoms with Crippen molar-refractivity contribution in [1.29, 1.82) is 0 Å². The summed E-state index contributed by atoms with van der Waals surface area (Å²) < 4.78 is 10.1. The Morgan fingerprint density at radius 1 is 1.25 bits per heavy atom. The molecule has 9 heteroatoms. The molecule has 0 bridgehead atoms. The highest BCUT2D eigenvalue weighted by molar-refractivity contribution is 6.02. The summed E-state index contributed by atoms with van der Waals surface area (Å²) in [7, 11) is 2.67. The van der Waals surface area contributed by atoms with E-state index in [1.807, 2.05) is 25.7 Å². The summed E-state index contributed by atoms with van der Waals surface area (Å²) in [6.07, 6.45) is -0.270. The van der Waals surface area contributed by atoms with Gasteiger partial charge in [-0.15, -0.1) is 12.4 Å². The van der Waals surface area contributed by atoms with Crippen LogP contribution < -0.4 is 14.8 Å². The second-order valence-electron chi connectivity index (χ2n) is 4.82. The SMILES string of the molecule is CCN(CC)C(C)NC(=O)c1c(OC)ccc(OC)c1[N+](=O)[O-].Cl. The van der Waals surface area contributed by atoms with Crippen LogP contribution in [0.4, 0.5) is 5.69 Å². The van der Waals surface area contributed by atoms with Gasteiger partial charge >= 0.3 is 5.69 Å². The van der Waals surface area contributed by atoms with Gasteiger partial charge in [0.2, 0.25) is 0 Å². The predicted molar refractivity (Wildman–Crippen MR) is 93.3 cm³/mol. The van der Waals surface area contributed by atoms with E-state index in [1.165, 1.54) is 26.4 Å². The van der Waals surface area contributed by atoms with E-state index in [0.717, 1.165) is 13.1 Å². The predicted octanol–water partition coefficient (Wildman–Crippen LogP) is 2.45. The lowest BCUT2D eigenvalue weighted by molar-refractivity contribution is -0.386. The van der Waals surface area contributed by atoms with Crippen LogP contribution in [0.1, 0.15) is 31.1 Å². The Hall–Kier alpha value is -2.06. The van der Waals surface area contributed by atoms with E-state index in [2.05, 4.69) is 5.32 Å². The molecule has 24 heavy (non-hydrogen) atoms. The third-order valence-corrected chi connectivity index (χ3v) is 3.65. The van der Waals surface area contributed by atoms with Crippen molar-refractivity contribution in [2.45, 2.75) is 26.9 Å². The number of ether oxygens (including phenoxy) is 2. The number of hydrogen-bond acceptors (Lipinski definition) is 6. The van der Waals surface area contributed by atoms with Gasteiger partial charge in [0.1, 0.15) is 5.75 Å². The van der Waals surface area contributed by atoms with Gasteiger partial charge in [-0.25, -0.2) is 0 Å². The molecule has 1 amide bonds. The summed E-state index contributed by atoms with van der Waals surface area (Å²) in [5.41, 5.74) is -0.549. The Morgan fingerprint density at radius 2 is 1.75 bits per heavy atom. The first-order valence-electron chi connectivity index (χ1n) is 7.35. The average molecular weight is 362 g/mol. The molecule has 0 aromatic heterocycles. The molecule has 1 N–H and O–H groups in total. The summed E-state index contributed by atoms with van der Waals surface area (Å²) >= 11 is 0. The van der Waals surface area contributed by atoms with Crippen molar-refractivity contribution >= 4 is 24.0 Å². The van der Waals surface area contributed by atoms with Gasteiger partial charge in [-0.2, -0.15) is 0 Å². The number of benzene rings is 1. The van der Waals surface area contributed by atoms with Gasteiger partial charge in [0, 0.05) is 0 Å². The molecule has 1 unspecified atom stereocenters.